The van der Waals surface area contributed by atoms with Crippen LogP contribution in [0.3, 0.4) is 0 Å². The van der Waals surface area contributed by atoms with E-state index in [0.717, 1.165) is 22.2 Å². The van der Waals surface area contributed by atoms with Gasteiger partial charge in [-0.2, -0.15) is 4.80 Å². The first-order valence-electron chi connectivity index (χ1n) is 7.51. The molecule has 0 saturated carbocycles. The maximum absolute atomic E-state index is 11.9. The van der Waals surface area contributed by atoms with Crippen LogP contribution in [0.2, 0.25) is 0 Å². The van der Waals surface area contributed by atoms with Gasteiger partial charge in [0.2, 0.25) is 0 Å². The molecule has 0 aliphatic heterocycles. The molecular weight excluding hydrogens is 326 g/mol. The molecule has 0 saturated heterocycles. The van der Waals surface area contributed by atoms with Gasteiger partial charge in [0.1, 0.15) is 4.75 Å². The van der Waals surface area contributed by atoms with E-state index in [0.29, 0.717) is 6.54 Å². The van der Waals surface area contributed by atoms with Crippen LogP contribution in [0, 0.1) is 6.92 Å². The first-order valence-corrected chi connectivity index (χ1v) is 9.41. The average molecular weight is 345 g/mol. The largest absolute Gasteiger partial charge is 0.253 e. The first kappa shape index (κ1) is 16.5. The number of benzene rings is 1. The standard InChI is InChI=1S/C16H19N5O2S/c1-11-9-12(13-7-5-6-8-14(13)17-11)10-21-19-15(18-20-21)16(2,3)24(4,22)23/h5-9H,10H2,1-4H3. The summed E-state index contributed by atoms with van der Waals surface area (Å²) in [7, 11) is -3.34. The fourth-order valence-electron chi connectivity index (χ4n) is 2.39. The van der Waals surface area contributed by atoms with E-state index < -0.39 is 14.6 Å². The number of para-hydroxylation sites is 1. The van der Waals surface area contributed by atoms with Crippen molar-refractivity contribution in [2.45, 2.75) is 32.1 Å². The molecule has 2 aromatic heterocycles. The Bertz CT molecular complexity index is 1010. The van der Waals surface area contributed by atoms with Gasteiger partial charge in [-0.3, -0.25) is 4.98 Å². The smallest absolute Gasteiger partial charge is 0.195 e. The minimum absolute atomic E-state index is 0.195. The van der Waals surface area contributed by atoms with Gasteiger partial charge in [0.05, 0.1) is 12.1 Å². The quantitative estimate of drug-likeness (QED) is 0.717. The van der Waals surface area contributed by atoms with Crippen molar-refractivity contribution < 1.29 is 8.42 Å². The Morgan fingerprint density at radius 3 is 2.62 bits per heavy atom. The second kappa shape index (κ2) is 5.62. The molecule has 7 nitrogen and oxygen atoms in total. The third-order valence-electron chi connectivity index (χ3n) is 4.16. The SMILES string of the molecule is Cc1cc(Cn2nnc(C(C)(C)S(C)(=O)=O)n2)c2ccccc2n1. The van der Waals surface area contributed by atoms with Crippen LogP contribution in [0.5, 0.6) is 0 Å². The first-order chi connectivity index (χ1) is 11.2. The van der Waals surface area contributed by atoms with Crippen molar-refractivity contribution in [2.75, 3.05) is 6.26 Å². The van der Waals surface area contributed by atoms with Crippen LogP contribution < -0.4 is 0 Å². The lowest BCUT2D eigenvalue weighted by atomic mass is 10.1. The molecular formula is C16H19N5O2S. The lowest BCUT2D eigenvalue weighted by Gasteiger charge is -2.17. The van der Waals surface area contributed by atoms with Gasteiger partial charge in [-0.05, 0) is 43.7 Å². The van der Waals surface area contributed by atoms with Crippen molar-refractivity contribution in [3.05, 3.63) is 47.4 Å². The molecule has 0 atom stereocenters. The fourth-order valence-corrected chi connectivity index (χ4v) is 2.81. The Morgan fingerprint density at radius 2 is 1.92 bits per heavy atom. The average Bonchev–Trinajstić information content (AvgIpc) is 2.95. The van der Waals surface area contributed by atoms with Crippen LogP contribution in [0.4, 0.5) is 0 Å². The van der Waals surface area contributed by atoms with Crippen LogP contribution in [0.25, 0.3) is 10.9 Å². The zero-order valence-corrected chi connectivity index (χ0v) is 14.9. The molecule has 1 aromatic carbocycles. The van der Waals surface area contributed by atoms with Crippen molar-refractivity contribution in [3.8, 4) is 0 Å². The van der Waals surface area contributed by atoms with Crippen LogP contribution >= 0.6 is 0 Å². The Morgan fingerprint density at radius 1 is 1.21 bits per heavy atom. The van der Waals surface area contributed by atoms with Crippen LogP contribution in [-0.4, -0.2) is 39.9 Å². The van der Waals surface area contributed by atoms with Gasteiger partial charge in [-0.15, -0.1) is 10.2 Å². The summed E-state index contributed by atoms with van der Waals surface area (Å²) in [6.45, 7) is 5.49. The number of pyridine rings is 1. The summed E-state index contributed by atoms with van der Waals surface area (Å²) in [4.78, 5) is 5.93. The fraction of sp³-hybridized carbons (Fsp3) is 0.375. The lowest BCUT2D eigenvalue weighted by molar-refractivity contribution is 0.541. The van der Waals surface area contributed by atoms with Gasteiger partial charge >= 0.3 is 0 Å². The van der Waals surface area contributed by atoms with Crippen molar-refractivity contribution in [2.24, 2.45) is 0 Å². The van der Waals surface area contributed by atoms with E-state index in [1.54, 1.807) is 13.8 Å². The Hall–Kier alpha value is -2.35. The van der Waals surface area contributed by atoms with Gasteiger partial charge in [0.15, 0.2) is 15.7 Å². The molecule has 0 fully saturated rings. The number of hydrogen-bond donors (Lipinski definition) is 0. The van der Waals surface area contributed by atoms with Crippen molar-refractivity contribution in [1.29, 1.82) is 0 Å². The van der Waals surface area contributed by atoms with Crippen LogP contribution in [0.15, 0.2) is 30.3 Å². The highest BCUT2D eigenvalue weighted by Crippen LogP contribution is 2.25. The molecule has 24 heavy (non-hydrogen) atoms. The molecule has 0 aliphatic carbocycles. The number of hydrogen-bond acceptors (Lipinski definition) is 6. The summed E-state index contributed by atoms with van der Waals surface area (Å²) >= 11 is 0. The molecule has 0 N–H and O–H groups in total. The number of tetrazole rings is 1. The predicted octanol–water partition coefficient (Wildman–Crippen LogP) is 1.86. The minimum Gasteiger partial charge on any atom is -0.253 e. The van der Waals surface area contributed by atoms with E-state index >= 15 is 0 Å². The highest BCUT2D eigenvalue weighted by atomic mass is 32.2. The molecule has 3 rings (SSSR count). The Balaban J connectivity index is 2.00. The highest BCUT2D eigenvalue weighted by molar-refractivity contribution is 7.91. The molecule has 0 bridgehead atoms. The van der Waals surface area contributed by atoms with Crippen LogP contribution in [-0.2, 0) is 21.1 Å². The van der Waals surface area contributed by atoms with E-state index in [1.165, 1.54) is 11.1 Å². The number of aryl methyl sites for hydroxylation is 1. The molecule has 0 spiro atoms. The Kier molecular flexibility index (Phi) is 3.87. The summed E-state index contributed by atoms with van der Waals surface area (Å²) in [5.74, 6) is 0.195. The van der Waals surface area contributed by atoms with Gasteiger partial charge < -0.3 is 0 Å². The third kappa shape index (κ3) is 2.89. The molecule has 0 amide bonds. The lowest BCUT2D eigenvalue weighted by Crippen LogP contribution is -2.29. The summed E-state index contributed by atoms with van der Waals surface area (Å²) in [6.07, 6.45) is 1.17. The molecule has 8 heteroatoms. The number of sulfone groups is 1. The molecule has 0 aliphatic rings. The predicted molar refractivity (Wildman–Crippen MR) is 91.3 cm³/mol. The Labute approximate surface area is 140 Å². The summed E-state index contributed by atoms with van der Waals surface area (Å²) in [6, 6.07) is 9.83. The van der Waals surface area contributed by atoms with E-state index in [4.69, 9.17) is 0 Å². The van der Waals surface area contributed by atoms with Gasteiger partial charge in [-0.1, -0.05) is 18.2 Å². The number of rotatable bonds is 4. The third-order valence-corrected chi connectivity index (χ3v) is 6.20. The van der Waals surface area contributed by atoms with Crippen molar-refractivity contribution >= 4 is 20.7 Å². The summed E-state index contributed by atoms with van der Waals surface area (Å²) in [5, 5.41) is 13.3. The molecule has 126 valence electrons. The molecule has 0 radical (unpaired) electrons. The summed E-state index contributed by atoms with van der Waals surface area (Å²) in [5.41, 5.74) is 2.82. The van der Waals surface area contributed by atoms with Gasteiger partial charge in [0.25, 0.3) is 0 Å². The monoisotopic (exact) mass is 345 g/mol. The highest BCUT2D eigenvalue weighted by Gasteiger charge is 2.37. The normalized spacial score (nSPS) is 12.7. The van der Waals surface area contributed by atoms with E-state index in [9.17, 15) is 8.42 Å². The second-order valence-corrected chi connectivity index (χ2v) is 8.93. The number of nitrogens with zero attached hydrogens (tertiary/aromatic N) is 5. The topological polar surface area (TPSA) is 90.6 Å². The van der Waals surface area contributed by atoms with Crippen molar-refractivity contribution in [1.82, 2.24) is 25.2 Å². The maximum Gasteiger partial charge on any atom is 0.195 e. The molecule has 3 aromatic rings. The van der Waals surface area contributed by atoms with E-state index in [1.807, 2.05) is 37.3 Å². The van der Waals surface area contributed by atoms with Gasteiger partial charge in [0, 0.05) is 17.3 Å². The zero-order chi connectivity index (χ0) is 17.5. The minimum atomic E-state index is -3.34. The van der Waals surface area contributed by atoms with Crippen LogP contribution in [0.1, 0.15) is 30.9 Å². The number of aromatic nitrogens is 5. The van der Waals surface area contributed by atoms with E-state index in [2.05, 4.69) is 20.4 Å². The van der Waals surface area contributed by atoms with Crippen molar-refractivity contribution in [3.63, 3.8) is 0 Å². The number of fused-ring (bicyclic) bond motifs is 1. The molecule has 2 heterocycles. The summed E-state index contributed by atoms with van der Waals surface area (Å²) < 4.78 is 22.7. The van der Waals surface area contributed by atoms with E-state index in [-0.39, 0.29) is 5.82 Å². The zero-order valence-electron chi connectivity index (χ0n) is 14.1. The second-order valence-electron chi connectivity index (χ2n) is 6.37. The molecule has 0 unspecified atom stereocenters. The maximum atomic E-state index is 11.9. The van der Waals surface area contributed by atoms with Gasteiger partial charge in [-0.25, -0.2) is 8.42 Å².